The van der Waals surface area contributed by atoms with Gasteiger partial charge in [-0.05, 0) is 23.6 Å². The van der Waals surface area contributed by atoms with Gasteiger partial charge >= 0.3 is 0 Å². The summed E-state index contributed by atoms with van der Waals surface area (Å²) < 4.78 is 14.6. The van der Waals surface area contributed by atoms with Crippen LogP contribution in [0.5, 0.6) is 0 Å². The predicted octanol–water partition coefficient (Wildman–Crippen LogP) is 3.80. The van der Waals surface area contributed by atoms with Gasteiger partial charge in [-0.1, -0.05) is 15.9 Å². The van der Waals surface area contributed by atoms with Crippen LogP contribution in [0.3, 0.4) is 0 Å². The lowest BCUT2D eigenvalue weighted by molar-refractivity contribution is 0.629. The highest BCUT2D eigenvalue weighted by molar-refractivity contribution is 9.10. The molecular formula is C8H4BrFS. The van der Waals surface area contributed by atoms with Crippen LogP contribution in [0.15, 0.2) is 28.1 Å². The van der Waals surface area contributed by atoms with Gasteiger partial charge in [0, 0.05) is 14.6 Å². The first-order valence-electron chi connectivity index (χ1n) is 3.09. The average Bonchev–Trinajstić information content (AvgIpc) is 2.34. The Labute approximate surface area is 75.8 Å². The van der Waals surface area contributed by atoms with Crippen LogP contribution in [-0.4, -0.2) is 0 Å². The minimum atomic E-state index is -0.188. The van der Waals surface area contributed by atoms with Crippen LogP contribution in [0.2, 0.25) is 0 Å². The fourth-order valence-electron chi connectivity index (χ4n) is 0.996. The molecular weight excluding hydrogens is 227 g/mol. The molecule has 56 valence electrons. The van der Waals surface area contributed by atoms with E-state index in [4.69, 9.17) is 0 Å². The number of thiophene rings is 1. The van der Waals surface area contributed by atoms with E-state index in [0.29, 0.717) is 0 Å². The van der Waals surface area contributed by atoms with Crippen molar-refractivity contribution in [2.24, 2.45) is 0 Å². The molecule has 0 atom stereocenters. The summed E-state index contributed by atoms with van der Waals surface area (Å²) in [5, 5.41) is 3.03. The molecule has 2 aromatic rings. The summed E-state index contributed by atoms with van der Waals surface area (Å²) in [6.45, 7) is 0. The van der Waals surface area contributed by atoms with Crippen molar-refractivity contribution in [1.29, 1.82) is 0 Å². The minimum Gasteiger partial charge on any atom is -0.207 e. The van der Waals surface area contributed by atoms with Crippen molar-refractivity contribution in [3.05, 3.63) is 33.9 Å². The zero-order chi connectivity index (χ0) is 7.84. The quantitative estimate of drug-likeness (QED) is 0.646. The van der Waals surface area contributed by atoms with E-state index in [1.807, 2.05) is 11.4 Å². The second kappa shape index (κ2) is 2.57. The highest BCUT2D eigenvalue weighted by Gasteiger charge is 2.01. The standard InChI is InChI=1S/C8H4BrFS/c9-7-3-5(10)4-8-6(7)1-2-11-8/h1-4H. The van der Waals surface area contributed by atoms with Crippen molar-refractivity contribution in [2.45, 2.75) is 0 Å². The van der Waals surface area contributed by atoms with Gasteiger partial charge in [-0.25, -0.2) is 4.39 Å². The van der Waals surface area contributed by atoms with Gasteiger partial charge in [-0.3, -0.25) is 0 Å². The Morgan fingerprint density at radius 1 is 1.36 bits per heavy atom. The Bertz CT molecular complexity index is 394. The third-order valence-corrected chi connectivity index (χ3v) is 3.01. The molecule has 0 radical (unpaired) electrons. The second-order valence-corrected chi connectivity index (χ2v) is 4.02. The van der Waals surface area contributed by atoms with Crippen molar-refractivity contribution in [1.82, 2.24) is 0 Å². The molecule has 1 aromatic heterocycles. The van der Waals surface area contributed by atoms with Crippen LogP contribution in [0.1, 0.15) is 0 Å². The lowest BCUT2D eigenvalue weighted by atomic mass is 10.3. The van der Waals surface area contributed by atoms with Gasteiger partial charge in [-0.15, -0.1) is 11.3 Å². The number of hydrogen-bond donors (Lipinski definition) is 0. The summed E-state index contributed by atoms with van der Waals surface area (Å²) in [6, 6.07) is 5.00. The SMILES string of the molecule is Fc1cc(Br)c2ccsc2c1. The number of benzene rings is 1. The first-order valence-corrected chi connectivity index (χ1v) is 4.77. The zero-order valence-electron chi connectivity index (χ0n) is 5.47. The van der Waals surface area contributed by atoms with Gasteiger partial charge in [0.25, 0.3) is 0 Å². The molecule has 2 rings (SSSR count). The fourth-order valence-corrected chi connectivity index (χ4v) is 2.53. The van der Waals surface area contributed by atoms with E-state index in [1.54, 1.807) is 17.4 Å². The predicted molar refractivity (Wildman–Crippen MR) is 49.5 cm³/mol. The smallest absolute Gasteiger partial charge is 0.125 e. The zero-order valence-corrected chi connectivity index (χ0v) is 7.88. The highest BCUT2D eigenvalue weighted by Crippen LogP contribution is 2.28. The van der Waals surface area contributed by atoms with Crippen LogP contribution >= 0.6 is 27.3 Å². The summed E-state index contributed by atoms with van der Waals surface area (Å²) >= 11 is 4.84. The average molecular weight is 231 g/mol. The molecule has 0 amide bonds. The van der Waals surface area contributed by atoms with E-state index in [2.05, 4.69) is 15.9 Å². The Morgan fingerprint density at radius 3 is 3.00 bits per heavy atom. The molecule has 0 bridgehead atoms. The fraction of sp³-hybridized carbons (Fsp3) is 0. The summed E-state index contributed by atoms with van der Waals surface area (Å²) in [6.07, 6.45) is 0. The molecule has 0 saturated heterocycles. The van der Waals surface area contributed by atoms with Crippen LogP contribution in [0.4, 0.5) is 4.39 Å². The first kappa shape index (κ1) is 7.25. The number of rotatable bonds is 0. The summed E-state index contributed by atoms with van der Waals surface area (Å²) in [5.74, 6) is -0.188. The van der Waals surface area contributed by atoms with Crippen LogP contribution in [0.25, 0.3) is 10.1 Å². The van der Waals surface area contributed by atoms with E-state index in [9.17, 15) is 4.39 Å². The normalized spacial score (nSPS) is 10.7. The van der Waals surface area contributed by atoms with E-state index < -0.39 is 0 Å². The largest absolute Gasteiger partial charge is 0.207 e. The maximum absolute atomic E-state index is 12.8. The first-order chi connectivity index (χ1) is 5.27. The summed E-state index contributed by atoms with van der Waals surface area (Å²) in [7, 11) is 0. The lowest BCUT2D eigenvalue weighted by Crippen LogP contribution is -1.72. The van der Waals surface area contributed by atoms with Gasteiger partial charge in [0.05, 0.1) is 0 Å². The van der Waals surface area contributed by atoms with Gasteiger partial charge < -0.3 is 0 Å². The molecule has 11 heavy (non-hydrogen) atoms. The monoisotopic (exact) mass is 230 g/mol. The van der Waals surface area contributed by atoms with E-state index in [0.717, 1.165) is 14.6 Å². The molecule has 1 aromatic carbocycles. The van der Waals surface area contributed by atoms with Crippen molar-refractivity contribution in [2.75, 3.05) is 0 Å². The highest BCUT2D eigenvalue weighted by atomic mass is 79.9. The minimum absolute atomic E-state index is 0.188. The molecule has 0 unspecified atom stereocenters. The lowest BCUT2D eigenvalue weighted by Gasteiger charge is -1.93. The molecule has 0 aliphatic carbocycles. The molecule has 0 aliphatic rings. The van der Waals surface area contributed by atoms with Gasteiger partial charge in [0.1, 0.15) is 5.82 Å². The molecule has 1 heterocycles. The van der Waals surface area contributed by atoms with Crippen molar-refractivity contribution < 1.29 is 4.39 Å². The van der Waals surface area contributed by atoms with E-state index in [1.165, 1.54) is 6.07 Å². The molecule has 0 aliphatic heterocycles. The number of fused-ring (bicyclic) bond motifs is 1. The molecule has 0 spiro atoms. The van der Waals surface area contributed by atoms with Crippen LogP contribution in [0, 0.1) is 5.82 Å². The van der Waals surface area contributed by atoms with Gasteiger partial charge in [0.2, 0.25) is 0 Å². The number of hydrogen-bond acceptors (Lipinski definition) is 1. The van der Waals surface area contributed by atoms with Crippen molar-refractivity contribution in [3.63, 3.8) is 0 Å². The second-order valence-electron chi connectivity index (χ2n) is 2.22. The van der Waals surface area contributed by atoms with E-state index >= 15 is 0 Å². The Morgan fingerprint density at radius 2 is 2.18 bits per heavy atom. The number of halogens is 2. The summed E-state index contributed by atoms with van der Waals surface area (Å²) in [5.41, 5.74) is 0. The molecule has 3 heteroatoms. The molecule has 0 N–H and O–H groups in total. The molecule has 0 nitrogen and oxygen atoms in total. The van der Waals surface area contributed by atoms with Crippen LogP contribution in [-0.2, 0) is 0 Å². The third-order valence-electron chi connectivity index (χ3n) is 1.49. The molecule has 0 fully saturated rings. The van der Waals surface area contributed by atoms with Gasteiger partial charge in [-0.2, -0.15) is 0 Å². The maximum Gasteiger partial charge on any atom is 0.125 e. The van der Waals surface area contributed by atoms with Crippen molar-refractivity contribution in [3.8, 4) is 0 Å². The van der Waals surface area contributed by atoms with Crippen LogP contribution < -0.4 is 0 Å². The third kappa shape index (κ3) is 1.19. The Kier molecular flexibility index (Phi) is 1.69. The Balaban J connectivity index is 2.91. The maximum atomic E-state index is 12.8. The Hall–Kier alpha value is -0.410. The van der Waals surface area contributed by atoms with E-state index in [-0.39, 0.29) is 5.82 Å². The topological polar surface area (TPSA) is 0 Å². The van der Waals surface area contributed by atoms with Crippen molar-refractivity contribution >= 4 is 37.4 Å². The summed E-state index contributed by atoms with van der Waals surface area (Å²) in [4.78, 5) is 0. The molecule has 0 saturated carbocycles. The van der Waals surface area contributed by atoms with Gasteiger partial charge in [0.15, 0.2) is 0 Å².